The van der Waals surface area contributed by atoms with E-state index in [1.165, 1.54) is 24.2 Å². The van der Waals surface area contributed by atoms with E-state index in [0.29, 0.717) is 34.7 Å². The first-order valence-electron chi connectivity index (χ1n) is 6.97. The van der Waals surface area contributed by atoms with Gasteiger partial charge < -0.3 is 10.5 Å². The molecule has 0 saturated heterocycles. The Labute approximate surface area is 127 Å². The molecule has 1 amide bonds. The van der Waals surface area contributed by atoms with E-state index in [0.717, 1.165) is 5.69 Å². The van der Waals surface area contributed by atoms with Crippen molar-refractivity contribution in [1.82, 2.24) is 4.98 Å². The molecule has 0 bridgehead atoms. The molecule has 1 saturated carbocycles. The zero-order valence-electron chi connectivity index (χ0n) is 11.8. The molecule has 1 aromatic carbocycles. The molecule has 0 aliphatic heterocycles. The Morgan fingerprint density at radius 1 is 1.52 bits per heavy atom. The van der Waals surface area contributed by atoms with Crippen LogP contribution in [0.3, 0.4) is 0 Å². The molecule has 2 aromatic rings. The van der Waals surface area contributed by atoms with Crippen molar-refractivity contribution in [3.05, 3.63) is 34.8 Å². The Morgan fingerprint density at radius 2 is 2.33 bits per heavy atom. The topological polar surface area (TPSA) is 77.2 Å². The lowest BCUT2D eigenvalue weighted by molar-refractivity contribution is 0.102. The summed E-state index contributed by atoms with van der Waals surface area (Å²) in [6, 6.07) is 5.16. The highest BCUT2D eigenvalue weighted by atomic mass is 32.1. The molecule has 0 atom stereocenters. The number of carbonyl (C=O) groups is 1. The number of nitrogen functional groups attached to an aromatic ring is 1. The van der Waals surface area contributed by atoms with Gasteiger partial charge in [-0.3, -0.25) is 10.1 Å². The Bertz CT molecular complexity index is 665. The van der Waals surface area contributed by atoms with Crippen molar-refractivity contribution in [3.8, 4) is 5.75 Å². The summed E-state index contributed by atoms with van der Waals surface area (Å²) in [6.07, 6.45) is 2.39. The highest BCUT2D eigenvalue weighted by Crippen LogP contribution is 2.41. The van der Waals surface area contributed by atoms with E-state index < -0.39 is 0 Å². The second kappa shape index (κ2) is 5.73. The van der Waals surface area contributed by atoms with Crippen LogP contribution >= 0.6 is 11.3 Å². The number of nitrogens with zero attached hydrogens (tertiary/aromatic N) is 1. The lowest BCUT2D eigenvalue weighted by atomic mass is 10.1. The average Bonchev–Trinajstić information content (AvgIpc) is 3.22. The van der Waals surface area contributed by atoms with E-state index in [1.54, 1.807) is 18.2 Å². The smallest absolute Gasteiger partial charge is 0.261 e. The fraction of sp³-hybridized carbons (Fsp3) is 0.333. The lowest BCUT2D eigenvalue weighted by Gasteiger charge is -2.11. The second-order valence-corrected chi connectivity index (χ2v) is 5.82. The van der Waals surface area contributed by atoms with Crippen LogP contribution in [0.25, 0.3) is 0 Å². The Morgan fingerprint density at radius 3 is 3.05 bits per heavy atom. The van der Waals surface area contributed by atoms with Gasteiger partial charge in [0.15, 0.2) is 10.9 Å². The fourth-order valence-corrected chi connectivity index (χ4v) is 2.90. The van der Waals surface area contributed by atoms with Crippen molar-refractivity contribution in [2.24, 2.45) is 0 Å². The summed E-state index contributed by atoms with van der Waals surface area (Å²) in [5, 5.41) is 5.45. The molecular weight excluding hydrogens is 286 g/mol. The van der Waals surface area contributed by atoms with Crippen LogP contribution in [-0.4, -0.2) is 17.5 Å². The predicted octanol–water partition coefficient (Wildman–Crippen LogP) is 3.25. The average molecular weight is 303 g/mol. The van der Waals surface area contributed by atoms with Crippen LogP contribution in [0.2, 0.25) is 0 Å². The molecule has 3 rings (SSSR count). The van der Waals surface area contributed by atoms with Crippen LogP contribution < -0.4 is 15.8 Å². The zero-order chi connectivity index (χ0) is 14.8. The highest BCUT2D eigenvalue weighted by Gasteiger charge is 2.26. The van der Waals surface area contributed by atoms with E-state index in [2.05, 4.69) is 10.3 Å². The summed E-state index contributed by atoms with van der Waals surface area (Å²) >= 11 is 1.45. The number of rotatable bonds is 5. The SMILES string of the molecule is CCOc1c(N)cccc1C(=O)Nc1nc(C2CC2)cs1. The normalized spacial score (nSPS) is 14.0. The molecule has 1 aliphatic carbocycles. The third-order valence-corrected chi connectivity index (χ3v) is 4.09. The monoisotopic (exact) mass is 303 g/mol. The molecule has 1 aromatic heterocycles. The second-order valence-electron chi connectivity index (χ2n) is 4.96. The maximum atomic E-state index is 12.4. The number of para-hydroxylation sites is 1. The summed E-state index contributed by atoms with van der Waals surface area (Å²) in [5.74, 6) is 0.761. The first kappa shape index (κ1) is 13.9. The summed E-state index contributed by atoms with van der Waals surface area (Å²) in [4.78, 5) is 16.8. The van der Waals surface area contributed by atoms with E-state index >= 15 is 0 Å². The van der Waals surface area contributed by atoms with E-state index in [1.807, 2.05) is 12.3 Å². The molecule has 1 aliphatic rings. The largest absolute Gasteiger partial charge is 0.491 e. The molecule has 110 valence electrons. The minimum absolute atomic E-state index is 0.248. The maximum Gasteiger partial charge on any atom is 0.261 e. The van der Waals surface area contributed by atoms with Gasteiger partial charge in [-0.2, -0.15) is 0 Å². The van der Waals surface area contributed by atoms with Gasteiger partial charge in [-0.15, -0.1) is 11.3 Å². The number of amides is 1. The van der Waals surface area contributed by atoms with Crippen LogP contribution in [-0.2, 0) is 0 Å². The number of anilines is 2. The van der Waals surface area contributed by atoms with Gasteiger partial charge in [-0.25, -0.2) is 4.98 Å². The van der Waals surface area contributed by atoms with Gasteiger partial charge in [-0.1, -0.05) is 6.07 Å². The molecule has 0 unspecified atom stereocenters. The van der Waals surface area contributed by atoms with E-state index in [-0.39, 0.29) is 5.91 Å². The first-order chi connectivity index (χ1) is 10.2. The zero-order valence-corrected chi connectivity index (χ0v) is 12.6. The van der Waals surface area contributed by atoms with Gasteiger partial charge in [0.05, 0.1) is 23.6 Å². The third kappa shape index (κ3) is 3.00. The number of thiazole rings is 1. The van der Waals surface area contributed by atoms with Gasteiger partial charge in [0.1, 0.15) is 0 Å². The van der Waals surface area contributed by atoms with E-state index in [9.17, 15) is 4.79 Å². The van der Waals surface area contributed by atoms with Crippen molar-refractivity contribution in [2.75, 3.05) is 17.7 Å². The van der Waals surface area contributed by atoms with Gasteiger partial charge in [0, 0.05) is 11.3 Å². The van der Waals surface area contributed by atoms with Crippen LogP contribution in [0.4, 0.5) is 10.8 Å². The number of carbonyl (C=O) groups excluding carboxylic acids is 1. The van der Waals surface area contributed by atoms with Crippen molar-refractivity contribution in [2.45, 2.75) is 25.7 Å². The molecule has 21 heavy (non-hydrogen) atoms. The summed E-state index contributed by atoms with van der Waals surface area (Å²) in [7, 11) is 0. The number of ether oxygens (including phenoxy) is 1. The molecular formula is C15H17N3O2S. The molecule has 5 nitrogen and oxygen atoms in total. The van der Waals surface area contributed by atoms with Crippen LogP contribution in [0.15, 0.2) is 23.6 Å². The van der Waals surface area contributed by atoms with Gasteiger partial charge in [0.25, 0.3) is 5.91 Å². The Kier molecular flexibility index (Phi) is 3.79. The number of nitrogens with two attached hydrogens (primary N) is 1. The van der Waals surface area contributed by atoms with Crippen molar-refractivity contribution >= 4 is 28.1 Å². The minimum atomic E-state index is -0.248. The summed E-state index contributed by atoms with van der Waals surface area (Å²) < 4.78 is 5.48. The third-order valence-electron chi connectivity index (χ3n) is 3.32. The van der Waals surface area contributed by atoms with Gasteiger partial charge >= 0.3 is 0 Å². The van der Waals surface area contributed by atoms with Crippen LogP contribution in [0.1, 0.15) is 41.7 Å². The fourth-order valence-electron chi connectivity index (χ4n) is 2.11. The molecule has 0 radical (unpaired) electrons. The standard InChI is InChI=1S/C15H17N3O2S/c1-2-20-13-10(4-3-5-11(13)16)14(19)18-15-17-12(8-21-15)9-6-7-9/h3-5,8-9H,2,6-7,16H2,1H3,(H,17,18,19). The Balaban J connectivity index is 1.79. The predicted molar refractivity (Wildman–Crippen MR) is 84.1 cm³/mol. The molecule has 1 heterocycles. The number of benzene rings is 1. The minimum Gasteiger partial charge on any atom is -0.491 e. The quantitative estimate of drug-likeness (QED) is 0.831. The highest BCUT2D eigenvalue weighted by molar-refractivity contribution is 7.14. The number of aromatic nitrogens is 1. The van der Waals surface area contributed by atoms with Crippen LogP contribution in [0, 0.1) is 0 Å². The summed E-state index contributed by atoms with van der Waals surface area (Å²) in [6.45, 7) is 2.31. The molecule has 1 fully saturated rings. The van der Waals surface area contributed by atoms with Gasteiger partial charge in [-0.05, 0) is 31.9 Å². The number of hydrogen-bond donors (Lipinski definition) is 2. The lowest BCUT2D eigenvalue weighted by Crippen LogP contribution is -2.14. The van der Waals surface area contributed by atoms with Crippen molar-refractivity contribution in [3.63, 3.8) is 0 Å². The first-order valence-corrected chi connectivity index (χ1v) is 7.85. The number of hydrogen-bond acceptors (Lipinski definition) is 5. The maximum absolute atomic E-state index is 12.4. The number of nitrogens with one attached hydrogen (secondary N) is 1. The molecule has 6 heteroatoms. The molecule has 3 N–H and O–H groups in total. The molecule has 0 spiro atoms. The summed E-state index contributed by atoms with van der Waals surface area (Å²) in [5.41, 5.74) is 7.84. The van der Waals surface area contributed by atoms with Crippen molar-refractivity contribution in [1.29, 1.82) is 0 Å². The van der Waals surface area contributed by atoms with Gasteiger partial charge in [0.2, 0.25) is 0 Å². The van der Waals surface area contributed by atoms with E-state index in [4.69, 9.17) is 10.5 Å². The van der Waals surface area contributed by atoms with Crippen molar-refractivity contribution < 1.29 is 9.53 Å². The van der Waals surface area contributed by atoms with Crippen LogP contribution in [0.5, 0.6) is 5.75 Å². The Hall–Kier alpha value is -2.08.